The first-order chi connectivity index (χ1) is 18.6. The summed E-state index contributed by atoms with van der Waals surface area (Å²) < 4.78 is 10.4. The number of ketones is 1. The van der Waals surface area contributed by atoms with Gasteiger partial charge in [-0.05, 0) is 51.6 Å². The molecule has 7 nitrogen and oxygen atoms in total. The molecule has 0 radical (unpaired) electrons. The van der Waals surface area contributed by atoms with Crippen LogP contribution in [0.2, 0.25) is 10.0 Å². The minimum atomic E-state index is -0.954. The highest BCUT2D eigenvalue weighted by Gasteiger charge is 2.43. The maximum absolute atomic E-state index is 13.5. The van der Waals surface area contributed by atoms with E-state index in [2.05, 4.69) is 0 Å². The topological polar surface area (TPSA) is 76.2 Å². The normalized spacial score (nSPS) is 15.6. The van der Waals surface area contributed by atoms with E-state index in [-0.39, 0.29) is 23.5 Å². The highest BCUT2D eigenvalue weighted by atomic mass is 35.5. The van der Waals surface area contributed by atoms with Gasteiger partial charge in [-0.15, -0.1) is 0 Å². The molecule has 9 heteroatoms. The Morgan fingerprint density at radius 3 is 2.03 bits per heavy atom. The lowest BCUT2D eigenvalue weighted by Crippen LogP contribution is -2.39. The molecule has 208 valence electrons. The third-order valence-electron chi connectivity index (χ3n) is 6.77. The molecule has 0 aliphatic carbocycles. The molecule has 2 aromatic rings. The number of methoxy groups -OCH3 is 2. The number of hydrogen-bond donors (Lipinski definition) is 0. The largest absolute Gasteiger partial charge is 0.466 e. The van der Waals surface area contributed by atoms with Gasteiger partial charge in [-0.25, -0.2) is 9.59 Å². The molecule has 1 unspecified atom stereocenters. The minimum Gasteiger partial charge on any atom is -0.466 e. The molecule has 1 aliphatic rings. The lowest BCUT2D eigenvalue weighted by Gasteiger charge is -2.39. The van der Waals surface area contributed by atoms with Gasteiger partial charge in [0.15, 0.2) is 5.78 Å². The van der Waals surface area contributed by atoms with Gasteiger partial charge >= 0.3 is 11.9 Å². The predicted octanol–water partition coefficient (Wildman–Crippen LogP) is 5.42. The Bertz CT molecular complexity index is 1270. The van der Waals surface area contributed by atoms with Crippen LogP contribution < -0.4 is 0 Å². The number of allylic oxidation sites excluding steroid dienone is 2. The fourth-order valence-electron chi connectivity index (χ4n) is 4.80. The Balaban J connectivity index is 2.28. The van der Waals surface area contributed by atoms with Crippen molar-refractivity contribution in [1.29, 1.82) is 0 Å². The summed E-state index contributed by atoms with van der Waals surface area (Å²) in [6, 6.07) is 14.8. The molecule has 1 atom stereocenters. The first kappa shape index (κ1) is 30.4. The monoisotopic (exact) mass is 572 g/mol. The first-order valence-electron chi connectivity index (χ1n) is 12.6. The fraction of sp³-hybridized carbons (Fsp3) is 0.367. The van der Waals surface area contributed by atoms with Crippen LogP contribution in [0.3, 0.4) is 0 Å². The summed E-state index contributed by atoms with van der Waals surface area (Å²) >= 11 is 13.3. The number of Topliss-reactive ketones (excluding diaryl/α,β-unsaturated/α-hetero) is 1. The van der Waals surface area contributed by atoms with Gasteiger partial charge in [0.2, 0.25) is 0 Å². The lowest BCUT2D eigenvalue weighted by molar-refractivity contribution is -0.137. The molecule has 0 aromatic heterocycles. The molecule has 0 spiro atoms. The van der Waals surface area contributed by atoms with Crippen LogP contribution in [0.1, 0.15) is 36.8 Å². The zero-order valence-corrected chi connectivity index (χ0v) is 24.4. The number of carbonyl (C=O) groups excluding carboxylic acids is 3. The average Bonchev–Trinajstić information content (AvgIpc) is 2.92. The minimum absolute atomic E-state index is 0.0201. The van der Waals surface area contributed by atoms with Crippen LogP contribution in [0.25, 0.3) is 0 Å². The summed E-state index contributed by atoms with van der Waals surface area (Å²) in [6.07, 6.45) is 1.30. The molecule has 0 fully saturated rings. The summed E-state index contributed by atoms with van der Waals surface area (Å²) in [4.78, 5) is 43.7. The molecular formula is C30H34Cl2N2O5. The number of halogens is 2. The predicted molar refractivity (Wildman–Crippen MR) is 153 cm³/mol. The number of esters is 2. The van der Waals surface area contributed by atoms with Crippen molar-refractivity contribution >= 4 is 40.9 Å². The molecule has 39 heavy (non-hydrogen) atoms. The Morgan fingerprint density at radius 1 is 0.872 bits per heavy atom. The summed E-state index contributed by atoms with van der Waals surface area (Å²) in [5.74, 6) is -2.28. The van der Waals surface area contributed by atoms with Crippen LogP contribution in [0.5, 0.6) is 0 Å². The van der Waals surface area contributed by atoms with Crippen molar-refractivity contribution in [3.05, 3.63) is 92.2 Å². The highest BCUT2D eigenvalue weighted by molar-refractivity contribution is 6.36. The maximum Gasteiger partial charge on any atom is 0.336 e. The third-order valence-corrected chi connectivity index (χ3v) is 7.43. The Hall–Kier alpha value is -3.13. The number of ether oxygens (including phenoxy) is 2. The second-order valence-corrected chi connectivity index (χ2v) is 10.4. The van der Waals surface area contributed by atoms with E-state index in [4.69, 9.17) is 32.7 Å². The van der Waals surface area contributed by atoms with E-state index < -0.39 is 17.9 Å². The van der Waals surface area contributed by atoms with Gasteiger partial charge in [0.1, 0.15) is 0 Å². The number of rotatable bonds is 11. The van der Waals surface area contributed by atoms with E-state index in [1.54, 1.807) is 30.0 Å². The van der Waals surface area contributed by atoms with Crippen molar-refractivity contribution in [3.8, 4) is 0 Å². The maximum atomic E-state index is 13.5. The van der Waals surface area contributed by atoms with Gasteiger partial charge in [-0.3, -0.25) is 4.79 Å². The van der Waals surface area contributed by atoms with Gasteiger partial charge in [0, 0.05) is 40.0 Å². The molecule has 3 rings (SSSR count). The summed E-state index contributed by atoms with van der Waals surface area (Å²) in [5, 5.41) is 0.585. The second kappa shape index (κ2) is 13.8. The fourth-order valence-corrected chi connectivity index (χ4v) is 5.42. The van der Waals surface area contributed by atoms with E-state index >= 15 is 0 Å². The number of aryl methyl sites for hydroxylation is 1. The number of hydrogen-bond acceptors (Lipinski definition) is 7. The Kier molecular flexibility index (Phi) is 10.7. The van der Waals surface area contributed by atoms with Crippen molar-refractivity contribution in [1.82, 2.24) is 9.80 Å². The van der Waals surface area contributed by atoms with Crippen molar-refractivity contribution in [3.63, 3.8) is 0 Å². The average molecular weight is 574 g/mol. The number of nitrogens with zero attached hydrogens (tertiary/aromatic N) is 2. The van der Waals surface area contributed by atoms with Crippen LogP contribution in [-0.2, 0) is 30.3 Å². The summed E-state index contributed by atoms with van der Waals surface area (Å²) in [6.45, 7) is 2.30. The molecule has 0 amide bonds. The molecule has 0 saturated carbocycles. The van der Waals surface area contributed by atoms with Crippen LogP contribution in [-0.4, -0.2) is 68.9 Å². The van der Waals surface area contributed by atoms with Crippen molar-refractivity contribution in [2.75, 3.05) is 41.4 Å². The zero-order chi connectivity index (χ0) is 28.7. The van der Waals surface area contributed by atoms with Gasteiger partial charge in [0.05, 0.1) is 37.8 Å². The van der Waals surface area contributed by atoms with Gasteiger partial charge in [-0.2, -0.15) is 0 Å². The van der Waals surface area contributed by atoms with E-state index in [0.717, 1.165) is 5.56 Å². The van der Waals surface area contributed by atoms with Gasteiger partial charge in [0.25, 0.3) is 0 Å². The molecule has 1 heterocycles. The summed E-state index contributed by atoms with van der Waals surface area (Å²) in [5.41, 5.74) is 2.91. The molecule has 0 saturated heterocycles. The van der Waals surface area contributed by atoms with Crippen molar-refractivity contribution in [2.24, 2.45) is 0 Å². The molecule has 0 bridgehead atoms. The highest BCUT2D eigenvalue weighted by Crippen LogP contribution is 2.48. The third kappa shape index (κ3) is 7.10. The van der Waals surface area contributed by atoms with E-state index in [1.807, 2.05) is 49.3 Å². The van der Waals surface area contributed by atoms with Crippen molar-refractivity contribution in [2.45, 2.75) is 32.1 Å². The molecule has 2 aromatic carbocycles. The number of benzene rings is 2. The molecular weight excluding hydrogens is 539 g/mol. The standard InChI is InChI=1S/C30H34Cl2N2O5/c1-19-25(29(36)38-4)28(26-22(31)12-9-13-23(26)32)27(30(37)39-5)24(15-14-20-10-7-6-8-11-20)34(19)18-21(35)16-17-33(2)3/h6-13,28H,14-18H2,1-5H3. The first-order valence-corrected chi connectivity index (χ1v) is 13.4. The van der Waals surface area contributed by atoms with Gasteiger partial charge in [-0.1, -0.05) is 59.6 Å². The summed E-state index contributed by atoms with van der Waals surface area (Å²) in [7, 11) is 6.35. The zero-order valence-electron chi connectivity index (χ0n) is 22.9. The Morgan fingerprint density at radius 2 is 1.46 bits per heavy atom. The van der Waals surface area contributed by atoms with E-state index in [0.29, 0.717) is 52.8 Å². The quantitative estimate of drug-likeness (QED) is 0.333. The van der Waals surface area contributed by atoms with Crippen LogP contribution in [0.15, 0.2) is 71.1 Å². The lowest BCUT2D eigenvalue weighted by atomic mass is 9.78. The van der Waals surface area contributed by atoms with Crippen LogP contribution >= 0.6 is 23.2 Å². The molecule has 1 aliphatic heterocycles. The van der Waals surface area contributed by atoms with Crippen LogP contribution in [0, 0.1) is 0 Å². The second-order valence-electron chi connectivity index (χ2n) is 9.57. The van der Waals surface area contributed by atoms with Crippen LogP contribution in [0.4, 0.5) is 0 Å². The Labute approximate surface area is 240 Å². The SMILES string of the molecule is COC(=O)C1=C(C)N(CC(=O)CCN(C)C)C(CCc2ccccc2)=C(C(=O)OC)C1c1c(Cl)cccc1Cl. The van der Waals surface area contributed by atoms with E-state index in [9.17, 15) is 14.4 Å². The van der Waals surface area contributed by atoms with Crippen molar-refractivity contribution < 1.29 is 23.9 Å². The van der Waals surface area contributed by atoms with Gasteiger partial charge < -0.3 is 19.3 Å². The number of carbonyl (C=O) groups is 3. The smallest absolute Gasteiger partial charge is 0.336 e. The molecule has 0 N–H and O–H groups in total. The van der Waals surface area contributed by atoms with E-state index in [1.165, 1.54) is 14.2 Å².